The van der Waals surface area contributed by atoms with Gasteiger partial charge < -0.3 is 4.57 Å². The first-order chi connectivity index (χ1) is 21.2. The van der Waals surface area contributed by atoms with Crippen molar-refractivity contribution in [2.24, 2.45) is 0 Å². The third-order valence-corrected chi connectivity index (χ3v) is 7.83. The van der Waals surface area contributed by atoms with Gasteiger partial charge in [0.2, 0.25) is 0 Å². The number of fused-ring (bicyclic) bond motifs is 4. The zero-order chi connectivity index (χ0) is 28.8. The summed E-state index contributed by atoms with van der Waals surface area (Å²) in [5.41, 5.74) is 6.51. The molecule has 6 aromatic carbocycles. The van der Waals surface area contributed by atoms with Crippen molar-refractivity contribution in [1.82, 2.24) is 19.5 Å². The average Bonchev–Trinajstić information content (AvgIpc) is 3.41. The molecule has 0 atom stereocenters. The first-order valence-electron chi connectivity index (χ1n) is 14.1. The lowest BCUT2D eigenvalue weighted by Crippen LogP contribution is -2.00. The molecule has 0 bridgehead atoms. The van der Waals surface area contributed by atoms with Gasteiger partial charge >= 0.3 is 0 Å². The monoisotopic (exact) mass is 549 g/mol. The molecule has 0 aliphatic heterocycles. The minimum absolute atomic E-state index is 0.600. The van der Waals surface area contributed by atoms with E-state index in [-0.39, 0.29) is 0 Å². The Labute approximate surface area is 248 Å². The predicted molar refractivity (Wildman–Crippen MR) is 174 cm³/mol. The Balaban J connectivity index is 1.37. The van der Waals surface area contributed by atoms with Crippen LogP contribution in [0.15, 0.2) is 140 Å². The Morgan fingerprint density at radius 2 is 1.02 bits per heavy atom. The van der Waals surface area contributed by atoms with Gasteiger partial charge in [0.25, 0.3) is 0 Å². The molecule has 0 aliphatic rings. The Kier molecular flexibility index (Phi) is 5.77. The Bertz CT molecular complexity index is 2290. The zero-order valence-electron chi connectivity index (χ0n) is 23.0. The van der Waals surface area contributed by atoms with Crippen molar-refractivity contribution in [3.8, 4) is 39.9 Å². The highest BCUT2D eigenvalue weighted by molar-refractivity contribution is 6.11. The second-order valence-electron chi connectivity index (χ2n) is 10.5. The molecule has 0 unspecified atom stereocenters. The van der Waals surface area contributed by atoms with E-state index in [4.69, 9.17) is 21.5 Å². The number of rotatable bonds is 4. The lowest BCUT2D eigenvalue weighted by atomic mass is 10.1. The second kappa shape index (κ2) is 10.1. The summed E-state index contributed by atoms with van der Waals surface area (Å²) in [6.45, 7) is 7.67. The van der Waals surface area contributed by atoms with Crippen molar-refractivity contribution in [2.75, 3.05) is 0 Å². The van der Waals surface area contributed by atoms with Crippen LogP contribution in [0.2, 0.25) is 0 Å². The van der Waals surface area contributed by atoms with E-state index in [0.717, 1.165) is 44.2 Å². The SMILES string of the molecule is [C-]#[N+]c1ccc2c(c1)c1cc(-c3nc(-c4ccccc4)nc(-c4ccccc4)n3)ccc1n2-c1ccc2ccccc2c1. The molecule has 0 spiro atoms. The van der Waals surface area contributed by atoms with Crippen molar-refractivity contribution < 1.29 is 0 Å². The molecule has 8 rings (SSSR count). The summed E-state index contributed by atoms with van der Waals surface area (Å²) in [7, 11) is 0. The van der Waals surface area contributed by atoms with E-state index in [0.29, 0.717) is 23.2 Å². The van der Waals surface area contributed by atoms with E-state index < -0.39 is 0 Å². The highest BCUT2D eigenvalue weighted by atomic mass is 15.0. The van der Waals surface area contributed by atoms with Gasteiger partial charge in [-0.3, -0.25) is 0 Å². The van der Waals surface area contributed by atoms with Gasteiger partial charge in [-0.2, -0.15) is 0 Å². The summed E-state index contributed by atoms with van der Waals surface area (Å²) in [6, 6.07) is 47.2. The molecule has 8 aromatic rings. The largest absolute Gasteiger partial charge is 0.309 e. The molecule has 5 nitrogen and oxygen atoms in total. The predicted octanol–water partition coefficient (Wildman–Crippen LogP) is 9.67. The molecule has 0 saturated heterocycles. The van der Waals surface area contributed by atoms with Crippen LogP contribution in [0.3, 0.4) is 0 Å². The van der Waals surface area contributed by atoms with Gasteiger partial charge in [0.15, 0.2) is 23.2 Å². The maximum absolute atomic E-state index is 7.67. The van der Waals surface area contributed by atoms with E-state index in [1.165, 1.54) is 10.8 Å². The number of nitrogens with zero attached hydrogens (tertiary/aromatic N) is 5. The highest BCUT2D eigenvalue weighted by Gasteiger charge is 2.17. The van der Waals surface area contributed by atoms with Crippen molar-refractivity contribution in [3.63, 3.8) is 0 Å². The molecule has 2 heterocycles. The molecule has 0 saturated carbocycles. The number of hydrogen-bond acceptors (Lipinski definition) is 3. The fraction of sp³-hybridized carbons (Fsp3) is 0. The maximum atomic E-state index is 7.67. The summed E-state index contributed by atoms with van der Waals surface area (Å²) >= 11 is 0. The maximum Gasteiger partial charge on any atom is 0.188 e. The fourth-order valence-corrected chi connectivity index (χ4v) is 5.75. The van der Waals surface area contributed by atoms with E-state index >= 15 is 0 Å². The normalized spacial score (nSPS) is 11.2. The quantitative estimate of drug-likeness (QED) is 0.205. The summed E-state index contributed by atoms with van der Waals surface area (Å²) in [4.78, 5) is 18.5. The van der Waals surface area contributed by atoms with Crippen LogP contribution in [0.1, 0.15) is 0 Å². The van der Waals surface area contributed by atoms with E-state index in [1.54, 1.807) is 0 Å². The van der Waals surface area contributed by atoms with Crippen molar-refractivity contribution >= 4 is 38.3 Å². The fourth-order valence-electron chi connectivity index (χ4n) is 5.75. The second-order valence-corrected chi connectivity index (χ2v) is 10.5. The molecule has 200 valence electrons. The van der Waals surface area contributed by atoms with Crippen LogP contribution in [0.4, 0.5) is 5.69 Å². The van der Waals surface area contributed by atoms with Crippen LogP contribution in [0.25, 0.3) is 77.3 Å². The molecule has 43 heavy (non-hydrogen) atoms. The van der Waals surface area contributed by atoms with Gasteiger partial charge in [0.05, 0.1) is 17.6 Å². The molecule has 0 amide bonds. The van der Waals surface area contributed by atoms with Crippen molar-refractivity contribution in [1.29, 1.82) is 0 Å². The van der Waals surface area contributed by atoms with E-state index in [2.05, 4.69) is 70.1 Å². The molecule has 0 N–H and O–H groups in total. The van der Waals surface area contributed by atoms with Gasteiger partial charge in [-0.15, -0.1) is 0 Å². The Hall–Kier alpha value is -6.12. The summed E-state index contributed by atoms with van der Waals surface area (Å²) in [6.07, 6.45) is 0. The molecule has 0 radical (unpaired) electrons. The Morgan fingerprint density at radius 3 is 1.67 bits per heavy atom. The minimum atomic E-state index is 0.600. The third kappa shape index (κ3) is 4.30. The zero-order valence-corrected chi connectivity index (χ0v) is 23.0. The molecular weight excluding hydrogens is 526 g/mol. The van der Waals surface area contributed by atoms with Gasteiger partial charge in [0.1, 0.15) is 0 Å². The smallest absolute Gasteiger partial charge is 0.188 e. The van der Waals surface area contributed by atoms with Crippen LogP contribution < -0.4 is 0 Å². The summed E-state index contributed by atoms with van der Waals surface area (Å²) < 4.78 is 2.27. The number of hydrogen-bond donors (Lipinski definition) is 0. The van der Waals surface area contributed by atoms with Crippen LogP contribution in [-0.4, -0.2) is 19.5 Å². The summed E-state index contributed by atoms with van der Waals surface area (Å²) in [5, 5.41) is 4.42. The lowest BCUT2D eigenvalue weighted by molar-refractivity contribution is 1.07. The average molecular weight is 550 g/mol. The molecular formula is C38H23N5. The first-order valence-corrected chi connectivity index (χ1v) is 14.1. The molecule has 5 heteroatoms. The van der Waals surface area contributed by atoms with Crippen molar-refractivity contribution in [2.45, 2.75) is 0 Å². The van der Waals surface area contributed by atoms with Crippen molar-refractivity contribution in [3.05, 3.63) is 151 Å². The number of aromatic nitrogens is 4. The van der Waals surface area contributed by atoms with E-state index in [1.807, 2.05) is 78.9 Å². The third-order valence-electron chi connectivity index (χ3n) is 7.83. The standard InChI is InChI=1S/C38H23N5/c1-39-30-18-21-35-33(24-30)32-23-29(17-20-34(32)43(35)31-19-16-25-10-8-9-15-28(25)22-31)38-41-36(26-11-4-2-5-12-26)40-37(42-38)27-13-6-3-7-14-27/h2-24H. The highest BCUT2D eigenvalue weighted by Crippen LogP contribution is 2.37. The number of benzene rings is 6. The molecule has 2 aromatic heterocycles. The Morgan fingerprint density at radius 1 is 0.465 bits per heavy atom. The van der Waals surface area contributed by atoms with Crippen LogP contribution in [0.5, 0.6) is 0 Å². The van der Waals surface area contributed by atoms with E-state index in [9.17, 15) is 0 Å². The van der Waals surface area contributed by atoms with Crippen LogP contribution in [0, 0.1) is 6.57 Å². The van der Waals surface area contributed by atoms with Gasteiger partial charge in [-0.1, -0.05) is 97.1 Å². The topological polar surface area (TPSA) is 48.0 Å². The van der Waals surface area contributed by atoms with Crippen LogP contribution in [-0.2, 0) is 0 Å². The van der Waals surface area contributed by atoms with Gasteiger partial charge in [0, 0.05) is 27.8 Å². The summed E-state index contributed by atoms with van der Waals surface area (Å²) in [5.74, 6) is 1.85. The minimum Gasteiger partial charge on any atom is -0.309 e. The van der Waals surface area contributed by atoms with Gasteiger partial charge in [-0.25, -0.2) is 19.8 Å². The molecule has 0 fully saturated rings. The first kappa shape index (κ1) is 24.7. The lowest BCUT2D eigenvalue weighted by Gasteiger charge is -2.10. The van der Waals surface area contributed by atoms with Crippen LogP contribution >= 0.6 is 0 Å². The van der Waals surface area contributed by atoms with Gasteiger partial charge in [-0.05, 0) is 58.6 Å². The molecule has 0 aliphatic carbocycles.